The topological polar surface area (TPSA) is 115 Å². The van der Waals surface area contributed by atoms with Crippen molar-refractivity contribution in [1.29, 1.82) is 0 Å². The van der Waals surface area contributed by atoms with Gasteiger partial charge < -0.3 is 25.2 Å². The molecule has 0 saturated heterocycles. The van der Waals surface area contributed by atoms with Crippen molar-refractivity contribution in [3.05, 3.63) is 24.1 Å². The second-order valence-corrected chi connectivity index (χ2v) is 3.63. The number of benzene rings is 1. The van der Waals surface area contributed by atoms with Crippen molar-refractivity contribution < 1.29 is 19.5 Å². The van der Waals surface area contributed by atoms with E-state index in [2.05, 4.69) is 10.1 Å². The van der Waals surface area contributed by atoms with Crippen molar-refractivity contribution in [2.45, 2.75) is 6.04 Å². The molecular weight excluding hydrogens is 238 g/mol. The number of hydrogen-bond donors (Lipinski definition) is 3. The highest BCUT2D eigenvalue weighted by atomic mass is 16.5. The van der Waals surface area contributed by atoms with Crippen LogP contribution in [0.3, 0.4) is 0 Å². The van der Waals surface area contributed by atoms with Crippen molar-refractivity contribution in [1.82, 2.24) is 10.1 Å². The van der Waals surface area contributed by atoms with Crippen molar-refractivity contribution in [3.63, 3.8) is 0 Å². The van der Waals surface area contributed by atoms with Gasteiger partial charge >= 0.3 is 0 Å². The van der Waals surface area contributed by atoms with E-state index < -0.39 is 6.04 Å². The lowest BCUT2D eigenvalue weighted by Crippen LogP contribution is -2.14. The number of aromatic hydroxyl groups is 1. The minimum atomic E-state index is -0.703. The molecular formula is C11H13N3O4. The Hall–Kier alpha value is -2.12. The Bertz CT molecular complexity index is 541. The molecule has 0 saturated carbocycles. The molecule has 96 valence electrons. The molecule has 2 rings (SSSR count). The third kappa shape index (κ3) is 2.27. The highest BCUT2D eigenvalue weighted by Gasteiger charge is 2.15. The first-order chi connectivity index (χ1) is 8.65. The molecule has 0 aliphatic rings. The zero-order valence-electron chi connectivity index (χ0n) is 9.70. The van der Waals surface area contributed by atoms with Crippen LogP contribution in [0.1, 0.15) is 11.9 Å². The lowest BCUT2D eigenvalue weighted by atomic mass is 10.2. The molecule has 2 aromatic rings. The van der Waals surface area contributed by atoms with Crippen LogP contribution < -0.4 is 10.5 Å². The molecule has 0 spiro atoms. The molecule has 1 aromatic carbocycles. The third-order valence-corrected chi connectivity index (χ3v) is 2.39. The quantitative estimate of drug-likeness (QED) is 0.722. The molecule has 1 atom stereocenters. The summed E-state index contributed by atoms with van der Waals surface area (Å²) in [5.74, 6) is 0.800. The fraction of sp³-hybridized carbons (Fsp3) is 0.273. The molecule has 0 fully saturated rings. The number of aliphatic hydroxyl groups excluding tert-OH is 1. The van der Waals surface area contributed by atoms with E-state index in [0.717, 1.165) is 0 Å². The molecule has 7 nitrogen and oxygen atoms in total. The first kappa shape index (κ1) is 12.3. The summed E-state index contributed by atoms with van der Waals surface area (Å²) in [6, 6.07) is 3.96. The zero-order chi connectivity index (χ0) is 13.1. The van der Waals surface area contributed by atoms with Gasteiger partial charge in [0.2, 0.25) is 11.7 Å². The molecule has 0 aliphatic carbocycles. The number of hydrogen-bond acceptors (Lipinski definition) is 7. The van der Waals surface area contributed by atoms with E-state index >= 15 is 0 Å². The van der Waals surface area contributed by atoms with Gasteiger partial charge in [-0.15, -0.1) is 0 Å². The van der Waals surface area contributed by atoms with E-state index in [1.54, 1.807) is 12.1 Å². The van der Waals surface area contributed by atoms with Crippen molar-refractivity contribution in [2.75, 3.05) is 13.7 Å². The summed E-state index contributed by atoms with van der Waals surface area (Å²) in [7, 11) is 1.45. The first-order valence-corrected chi connectivity index (χ1v) is 5.23. The van der Waals surface area contributed by atoms with Crippen LogP contribution in [0.5, 0.6) is 11.5 Å². The number of ether oxygens (including phenoxy) is 1. The maximum Gasteiger partial charge on any atom is 0.246 e. The fourth-order valence-corrected chi connectivity index (χ4v) is 1.40. The summed E-state index contributed by atoms with van der Waals surface area (Å²) in [5.41, 5.74) is 6.17. The van der Waals surface area contributed by atoms with Crippen molar-refractivity contribution in [3.8, 4) is 22.9 Å². The van der Waals surface area contributed by atoms with Crippen LogP contribution in [0.4, 0.5) is 0 Å². The summed E-state index contributed by atoms with van der Waals surface area (Å²) >= 11 is 0. The molecule has 0 aliphatic heterocycles. The Morgan fingerprint density at radius 3 is 2.94 bits per heavy atom. The van der Waals surface area contributed by atoms with Crippen molar-refractivity contribution >= 4 is 0 Å². The van der Waals surface area contributed by atoms with E-state index in [9.17, 15) is 5.11 Å². The normalized spacial score (nSPS) is 12.4. The van der Waals surface area contributed by atoms with Crippen LogP contribution in [0.15, 0.2) is 22.7 Å². The highest BCUT2D eigenvalue weighted by molar-refractivity contribution is 5.60. The molecule has 7 heteroatoms. The largest absolute Gasteiger partial charge is 0.504 e. The van der Waals surface area contributed by atoms with Crippen LogP contribution in [-0.4, -0.2) is 34.1 Å². The molecule has 1 heterocycles. The Balaban J connectivity index is 2.34. The molecule has 0 bridgehead atoms. The lowest BCUT2D eigenvalue weighted by Gasteiger charge is -2.03. The maximum absolute atomic E-state index is 9.47. The van der Waals surface area contributed by atoms with Gasteiger partial charge in [0, 0.05) is 5.56 Å². The van der Waals surface area contributed by atoms with Crippen LogP contribution in [0, 0.1) is 0 Å². The molecule has 1 aromatic heterocycles. The van der Waals surface area contributed by atoms with E-state index in [-0.39, 0.29) is 18.2 Å². The van der Waals surface area contributed by atoms with E-state index in [1.165, 1.54) is 13.2 Å². The smallest absolute Gasteiger partial charge is 0.246 e. The minimum Gasteiger partial charge on any atom is -0.504 e. The van der Waals surface area contributed by atoms with Gasteiger partial charge in [-0.1, -0.05) is 5.16 Å². The predicted molar refractivity (Wildman–Crippen MR) is 62.0 cm³/mol. The first-order valence-electron chi connectivity index (χ1n) is 5.23. The second kappa shape index (κ2) is 5.03. The molecule has 0 amide bonds. The zero-order valence-corrected chi connectivity index (χ0v) is 9.70. The van der Waals surface area contributed by atoms with Gasteiger partial charge in [-0.05, 0) is 18.2 Å². The Morgan fingerprint density at radius 1 is 1.50 bits per heavy atom. The van der Waals surface area contributed by atoms with Gasteiger partial charge in [0.1, 0.15) is 6.04 Å². The average Bonchev–Trinajstić information content (AvgIpc) is 2.88. The average molecular weight is 251 g/mol. The Kier molecular flexibility index (Phi) is 3.45. The summed E-state index contributed by atoms with van der Waals surface area (Å²) in [5, 5.41) is 22.1. The number of nitrogens with zero attached hydrogens (tertiary/aromatic N) is 2. The summed E-state index contributed by atoms with van der Waals surface area (Å²) in [6.07, 6.45) is 0. The van der Waals surface area contributed by atoms with Gasteiger partial charge in [0.25, 0.3) is 0 Å². The number of aromatic nitrogens is 2. The van der Waals surface area contributed by atoms with E-state index in [1.807, 2.05) is 0 Å². The second-order valence-electron chi connectivity index (χ2n) is 3.63. The number of rotatable bonds is 4. The number of methoxy groups -OCH3 is 1. The number of nitrogens with two attached hydrogens (primary N) is 1. The summed E-state index contributed by atoms with van der Waals surface area (Å²) in [4.78, 5) is 4.06. The Labute approximate surface area is 103 Å². The van der Waals surface area contributed by atoms with E-state index in [4.69, 9.17) is 20.1 Å². The Morgan fingerprint density at radius 2 is 2.28 bits per heavy atom. The predicted octanol–water partition coefficient (Wildman–Crippen LogP) is 0.443. The molecule has 0 radical (unpaired) electrons. The SMILES string of the molecule is COc1cc(-c2noc([C@@H](N)CO)n2)ccc1O. The molecule has 18 heavy (non-hydrogen) atoms. The van der Waals surface area contributed by atoms with E-state index in [0.29, 0.717) is 17.1 Å². The monoisotopic (exact) mass is 251 g/mol. The summed E-state index contributed by atoms with van der Waals surface area (Å²) in [6.45, 7) is -0.277. The van der Waals surface area contributed by atoms with Crippen LogP contribution in [-0.2, 0) is 0 Å². The molecule has 0 unspecified atom stereocenters. The third-order valence-electron chi connectivity index (χ3n) is 2.39. The van der Waals surface area contributed by atoms with Gasteiger partial charge in [0.05, 0.1) is 13.7 Å². The number of phenolic OH excluding ortho intramolecular Hbond substituents is 1. The van der Waals surface area contributed by atoms with Gasteiger partial charge in [-0.3, -0.25) is 0 Å². The van der Waals surface area contributed by atoms with Crippen molar-refractivity contribution in [2.24, 2.45) is 5.73 Å². The minimum absolute atomic E-state index is 0.0250. The maximum atomic E-state index is 9.47. The number of phenols is 1. The lowest BCUT2D eigenvalue weighted by molar-refractivity contribution is 0.237. The van der Waals surface area contributed by atoms with Gasteiger partial charge in [-0.25, -0.2) is 0 Å². The molecule has 4 N–H and O–H groups in total. The van der Waals surface area contributed by atoms with Gasteiger partial charge in [0.15, 0.2) is 11.5 Å². The standard InChI is InChI=1S/C11H13N3O4/c1-17-9-4-6(2-3-8(9)16)10-13-11(18-14-10)7(12)5-15/h2-4,7,15-16H,5,12H2,1H3/t7-/m0/s1. The van der Waals surface area contributed by atoms with Crippen LogP contribution in [0.2, 0.25) is 0 Å². The van der Waals surface area contributed by atoms with Gasteiger partial charge in [-0.2, -0.15) is 4.98 Å². The van der Waals surface area contributed by atoms with Crippen LogP contribution in [0.25, 0.3) is 11.4 Å². The number of aliphatic hydroxyl groups is 1. The van der Waals surface area contributed by atoms with Crippen LogP contribution >= 0.6 is 0 Å². The highest BCUT2D eigenvalue weighted by Crippen LogP contribution is 2.30. The summed E-state index contributed by atoms with van der Waals surface area (Å²) < 4.78 is 9.91. The fourth-order valence-electron chi connectivity index (χ4n) is 1.40.